The van der Waals surface area contributed by atoms with Crippen LogP contribution in [0.3, 0.4) is 0 Å². The monoisotopic (exact) mass is 409 g/mol. The summed E-state index contributed by atoms with van der Waals surface area (Å²) in [5.41, 5.74) is 1.27. The van der Waals surface area contributed by atoms with Gasteiger partial charge in [0.05, 0.1) is 16.1 Å². The molecule has 0 aliphatic heterocycles. The van der Waals surface area contributed by atoms with Gasteiger partial charge in [0.1, 0.15) is 12.0 Å². The molecule has 2 aromatic rings. The number of benzene rings is 2. The van der Waals surface area contributed by atoms with Gasteiger partial charge in [0, 0.05) is 5.56 Å². The number of hydrogen-bond acceptors (Lipinski definition) is 5. The molecule has 2 rings (SSSR count). The summed E-state index contributed by atoms with van der Waals surface area (Å²) in [4.78, 5) is 34.1. The van der Waals surface area contributed by atoms with E-state index in [1.807, 2.05) is 0 Å². The van der Waals surface area contributed by atoms with Crippen molar-refractivity contribution >= 4 is 41.4 Å². The highest BCUT2D eigenvalue weighted by Crippen LogP contribution is 2.25. The van der Waals surface area contributed by atoms with Gasteiger partial charge in [-0.3, -0.25) is 9.59 Å². The summed E-state index contributed by atoms with van der Waals surface area (Å²) in [5.74, 6) is -0.737. The summed E-state index contributed by atoms with van der Waals surface area (Å²) in [6.07, 6.45) is 0.704. The maximum absolute atomic E-state index is 11.9. The maximum atomic E-state index is 11.9. The third-order valence-electron chi connectivity index (χ3n) is 3.56. The number of carbonyl (C=O) groups is 3. The highest BCUT2D eigenvalue weighted by atomic mass is 35.5. The molecular formula is C19H17Cl2NO5. The molecule has 142 valence electrons. The molecule has 6 nitrogen and oxygen atoms in total. The molecule has 0 aliphatic carbocycles. The van der Waals surface area contributed by atoms with E-state index in [0.717, 1.165) is 5.56 Å². The standard InChI is InChI=1S/C19H17Cl2NO5/c1-12(14-4-7-16(20)17(21)8-14)22-18(24)10-27-19(25)11-26-15-5-2-13(9-23)3-6-15/h2-9,12H,10-11H2,1H3,(H,22,24)/t12-/m1/s1. The van der Waals surface area contributed by atoms with E-state index in [2.05, 4.69) is 5.32 Å². The molecule has 1 N–H and O–H groups in total. The highest BCUT2D eigenvalue weighted by molar-refractivity contribution is 6.42. The van der Waals surface area contributed by atoms with Gasteiger partial charge in [-0.15, -0.1) is 0 Å². The number of amides is 1. The second-order valence-corrected chi connectivity index (χ2v) is 6.41. The van der Waals surface area contributed by atoms with Crippen molar-refractivity contribution in [1.29, 1.82) is 0 Å². The zero-order valence-corrected chi connectivity index (χ0v) is 15.9. The molecular weight excluding hydrogens is 393 g/mol. The van der Waals surface area contributed by atoms with Crippen LogP contribution in [-0.2, 0) is 14.3 Å². The molecule has 0 radical (unpaired) electrons. The van der Waals surface area contributed by atoms with Crippen LogP contribution in [0.1, 0.15) is 28.9 Å². The molecule has 2 aromatic carbocycles. The van der Waals surface area contributed by atoms with Gasteiger partial charge >= 0.3 is 5.97 Å². The topological polar surface area (TPSA) is 81.7 Å². The van der Waals surface area contributed by atoms with Crippen LogP contribution in [-0.4, -0.2) is 31.4 Å². The van der Waals surface area contributed by atoms with Crippen LogP contribution in [0.15, 0.2) is 42.5 Å². The minimum atomic E-state index is -0.688. The first-order chi connectivity index (χ1) is 12.9. The lowest BCUT2D eigenvalue weighted by atomic mass is 10.1. The first kappa shape index (κ1) is 20.7. The number of esters is 1. The van der Waals surface area contributed by atoms with Crippen molar-refractivity contribution in [2.75, 3.05) is 13.2 Å². The Morgan fingerprint density at radius 3 is 2.41 bits per heavy atom. The molecule has 0 saturated carbocycles. The molecule has 0 unspecified atom stereocenters. The van der Waals surface area contributed by atoms with Gasteiger partial charge in [-0.1, -0.05) is 29.3 Å². The summed E-state index contributed by atoms with van der Waals surface area (Å²) in [6.45, 7) is 0.986. The van der Waals surface area contributed by atoms with E-state index < -0.39 is 18.5 Å². The van der Waals surface area contributed by atoms with Crippen LogP contribution >= 0.6 is 23.2 Å². The van der Waals surface area contributed by atoms with Gasteiger partial charge in [0.2, 0.25) is 0 Å². The Morgan fingerprint density at radius 2 is 1.78 bits per heavy atom. The van der Waals surface area contributed by atoms with Crippen molar-refractivity contribution in [1.82, 2.24) is 5.32 Å². The van der Waals surface area contributed by atoms with Crippen LogP contribution < -0.4 is 10.1 Å². The molecule has 0 bridgehead atoms. The second-order valence-electron chi connectivity index (χ2n) is 5.60. The van der Waals surface area contributed by atoms with E-state index in [-0.39, 0.29) is 12.6 Å². The van der Waals surface area contributed by atoms with Crippen LogP contribution in [0, 0.1) is 0 Å². The van der Waals surface area contributed by atoms with E-state index in [1.165, 1.54) is 0 Å². The van der Waals surface area contributed by atoms with E-state index in [0.29, 0.717) is 27.6 Å². The minimum Gasteiger partial charge on any atom is -0.482 e. The van der Waals surface area contributed by atoms with Crippen molar-refractivity contribution < 1.29 is 23.9 Å². The summed E-state index contributed by atoms with van der Waals surface area (Å²) < 4.78 is 10.1. The summed E-state index contributed by atoms with van der Waals surface area (Å²) in [6, 6.07) is 10.9. The zero-order chi connectivity index (χ0) is 19.8. The van der Waals surface area contributed by atoms with Crippen LogP contribution in [0.25, 0.3) is 0 Å². The second kappa shape index (κ2) is 9.94. The van der Waals surface area contributed by atoms with Gasteiger partial charge < -0.3 is 14.8 Å². The molecule has 0 spiro atoms. The molecule has 8 heteroatoms. The third-order valence-corrected chi connectivity index (χ3v) is 4.30. The van der Waals surface area contributed by atoms with Crippen molar-refractivity contribution in [2.24, 2.45) is 0 Å². The van der Waals surface area contributed by atoms with Crippen molar-refractivity contribution in [3.63, 3.8) is 0 Å². The predicted molar refractivity (Wildman–Crippen MR) is 101 cm³/mol. The van der Waals surface area contributed by atoms with E-state index in [9.17, 15) is 14.4 Å². The zero-order valence-electron chi connectivity index (χ0n) is 14.4. The number of ether oxygens (including phenoxy) is 2. The van der Waals surface area contributed by atoms with Gasteiger partial charge in [0.25, 0.3) is 5.91 Å². The predicted octanol–water partition coefficient (Wildman–Crippen LogP) is 3.61. The Kier molecular flexibility index (Phi) is 7.64. The smallest absolute Gasteiger partial charge is 0.344 e. The third kappa shape index (κ3) is 6.58. The fourth-order valence-electron chi connectivity index (χ4n) is 2.12. The van der Waals surface area contributed by atoms with Crippen molar-refractivity contribution in [3.8, 4) is 5.75 Å². The minimum absolute atomic E-state index is 0.335. The fourth-order valence-corrected chi connectivity index (χ4v) is 2.43. The Bertz CT molecular complexity index is 823. The van der Waals surface area contributed by atoms with Gasteiger partial charge in [-0.25, -0.2) is 4.79 Å². The number of nitrogens with one attached hydrogen (secondary N) is 1. The first-order valence-corrected chi connectivity index (χ1v) is 8.72. The Morgan fingerprint density at radius 1 is 1.07 bits per heavy atom. The maximum Gasteiger partial charge on any atom is 0.344 e. The number of carbonyl (C=O) groups excluding carboxylic acids is 3. The quantitative estimate of drug-likeness (QED) is 0.531. The van der Waals surface area contributed by atoms with Crippen LogP contribution in [0.4, 0.5) is 0 Å². The lowest BCUT2D eigenvalue weighted by molar-refractivity contribution is -0.150. The van der Waals surface area contributed by atoms with Gasteiger partial charge in [-0.2, -0.15) is 0 Å². The largest absolute Gasteiger partial charge is 0.482 e. The van der Waals surface area contributed by atoms with Crippen molar-refractivity contribution in [2.45, 2.75) is 13.0 Å². The molecule has 27 heavy (non-hydrogen) atoms. The normalized spacial score (nSPS) is 11.4. The van der Waals surface area contributed by atoms with E-state index in [1.54, 1.807) is 49.4 Å². The van der Waals surface area contributed by atoms with Crippen LogP contribution in [0.5, 0.6) is 5.75 Å². The van der Waals surface area contributed by atoms with Crippen LogP contribution in [0.2, 0.25) is 10.0 Å². The Hall–Kier alpha value is -2.57. The number of hydrogen-bond donors (Lipinski definition) is 1. The molecule has 1 amide bonds. The van der Waals surface area contributed by atoms with Crippen molar-refractivity contribution in [3.05, 3.63) is 63.6 Å². The van der Waals surface area contributed by atoms with Gasteiger partial charge in [-0.05, 0) is 48.9 Å². The SMILES string of the molecule is C[C@@H](NC(=O)COC(=O)COc1ccc(C=O)cc1)c1ccc(Cl)c(Cl)c1. The molecule has 0 saturated heterocycles. The lowest BCUT2D eigenvalue weighted by Gasteiger charge is -2.15. The average molecular weight is 410 g/mol. The Labute approximate surface area is 166 Å². The number of rotatable bonds is 8. The molecule has 0 fully saturated rings. The lowest BCUT2D eigenvalue weighted by Crippen LogP contribution is -2.31. The molecule has 0 aromatic heterocycles. The summed E-state index contributed by atoms with van der Waals surface area (Å²) in [5, 5.41) is 3.51. The van der Waals surface area contributed by atoms with E-state index in [4.69, 9.17) is 32.7 Å². The average Bonchev–Trinajstić information content (AvgIpc) is 2.67. The van der Waals surface area contributed by atoms with E-state index >= 15 is 0 Å². The number of aldehydes is 1. The Balaban J connectivity index is 1.74. The highest BCUT2D eigenvalue weighted by Gasteiger charge is 2.13. The molecule has 1 atom stereocenters. The summed E-state index contributed by atoms with van der Waals surface area (Å²) >= 11 is 11.8. The molecule has 0 heterocycles. The van der Waals surface area contributed by atoms with Gasteiger partial charge in [0.15, 0.2) is 13.2 Å². The molecule has 0 aliphatic rings. The summed E-state index contributed by atoms with van der Waals surface area (Å²) in [7, 11) is 0. The first-order valence-electron chi connectivity index (χ1n) is 7.97. The fraction of sp³-hybridized carbons (Fsp3) is 0.211. The number of halogens is 2.